The van der Waals surface area contributed by atoms with Crippen LogP contribution in [-0.4, -0.2) is 32.8 Å². The van der Waals surface area contributed by atoms with E-state index >= 15 is 0 Å². The summed E-state index contributed by atoms with van der Waals surface area (Å²) < 4.78 is 22.6. The van der Waals surface area contributed by atoms with Gasteiger partial charge in [0.15, 0.2) is 6.61 Å². The van der Waals surface area contributed by atoms with Gasteiger partial charge in [0.2, 0.25) is 0 Å². The average molecular weight is 241 g/mol. The minimum absolute atomic E-state index is 0.0708. The summed E-state index contributed by atoms with van der Waals surface area (Å²) in [5.74, 6) is -0.0646. The number of hydrogen-bond donors (Lipinski definition) is 1. The number of halogens is 1. The van der Waals surface area contributed by atoms with E-state index in [2.05, 4.69) is 5.32 Å². The van der Waals surface area contributed by atoms with E-state index in [4.69, 9.17) is 9.47 Å². The molecule has 1 aromatic carbocycles. The Morgan fingerprint density at radius 2 is 2.06 bits per heavy atom. The van der Waals surface area contributed by atoms with Crippen LogP contribution in [0, 0.1) is 5.82 Å². The van der Waals surface area contributed by atoms with Gasteiger partial charge in [0.25, 0.3) is 5.91 Å². The lowest BCUT2D eigenvalue weighted by atomic mass is 10.3. The van der Waals surface area contributed by atoms with Crippen LogP contribution < -0.4 is 10.1 Å². The Balaban J connectivity index is 2.17. The van der Waals surface area contributed by atoms with Crippen molar-refractivity contribution in [2.45, 2.75) is 6.42 Å². The Kier molecular flexibility index (Phi) is 6.03. The number of amides is 1. The van der Waals surface area contributed by atoms with E-state index < -0.39 is 0 Å². The van der Waals surface area contributed by atoms with Gasteiger partial charge >= 0.3 is 0 Å². The van der Waals surface area contributed by atoms with Crippen molar-refractivity contribution in [2.75, 3.05) is 26.9 Å². The van der Waals surface area contributed by atoms with Gasteiger partial charge in [-0.2, -0.15) is 0 Å². The van der Waals surface area contributed by atoms with Crippen LogP contribution in [0.2, 0.25) is 0 Å². The monoisotopic (exact) mass is 241 g/mol. The molecule has 0 saturated carbocycles. The van der Waals surface area contributed by atoms with E-state index in [0.29, 0.717) is 18.9 Å². The van der Waals surface area contributed by atoms with E-state index in [1.165, 1.54) is 24.3 Å². The summed E-state index contributed by atoms with van der Waals surface area (Å²) in [6.45, 7) is 1.09. The zero-order chi connectivity index (χ0) is 12.5. The quantitative estimate of drug-likeness (QED) is 0.733. The molecule has 0 unspecified atom stereocenters. The third-order valence-electron chi connectivity index (χ3n) is 2.03. The minimum atomic E-state index is -0.332. The Morgan fingerprint density at radius 1 is 1.35 bits per heavy atom. The minimum Gasteiger partial charge on any atom is -0.484 e. The molecule has 94 valence electrons. The zero-order valence-corrected chi connectivity index (χ0v) is 9.74. The van der Waals surface area contributed by atoms with Crippen LogP contribution in [0.15, 0.2) is 24.3 Å². The van der Waals surface area contributed by atoms with Crippen molar-refractivity contribution in [3.63, 3.8) is 0 Å². The number of hydrogen-bond acceptors (Lipinski definition) is 3. The lowest BCUT2D eigenvalue weighted by Crippen LogP contribution is -2.30. The third kappa shape index (κ3) is 5.87. The molecule has 0 aromatic heterocycles. The van der Waals surface area contributed by atoms with Gasteiger partial charge in [-0.3, -0.25) is 4.79 Å². The number of rotatable bonds is 7. The first-order valence-electron chi connectivity index (χ1n) is 5.36. The van der Waals surface area contributed by atoms with Crippen LogP contribution in [0.25, 0.3) is 0 Å². The molecule has 1 N–H and O–H groups in total. The summed E-state index contributed by atoms with van der Waals surface area (Å²) >= 11 is 0. The van der Waals surface area contributed by atoms with Crippen LogP contribution in [0.4, 0.5) is 4.39 Å². The summed E-state index contributed by atoms with van der Waals surface area (Å²) in [4.78, 5) is 11.3. The van der Waals surface area contributed by atoms with Crippen molar-refractivity contribution in [1.29, 1.82) is 0 Å². The maximum absolute atomic E-state index is 12.6. The summed E-state index contributed by atoms with van der Waals surface area (Å²) in [6, 6.07) is 5.53. The molecule has 0 bridgehead atoms. The number of nitrogens with one attached hydrogen (secondary N) is 1. The molecule has 17 heavy (non-hydrogen) atoms. The normalized spacial score (nSPS) is 10.0. The SMILES string of the molecule is COCCCNC(=O)COc1ccc(F)cc1. The molecule has 1 amide bonds. The lowest BCUT2D eigenvalue weighted by Gasteiger charge is -2.07. The van der Waals surface area contributed by atoms with Crippen LogP contribution in [0.5, 0.6) is 5.75 Å². The van der Waals surface area contributed by atoms with Crippen molar-refractivity contribution in [3.8, 4) is 5.75 Å². The third-order valence-corrected chi connectivity index (χ3v) is 2.03. The molecule has 0 spiro atoms. The molecule has 1 rings (SSSR count). The van der Waals surface area contributed by atoms with Gasteiger partial charge in [0, 0.05) is 20.3 Å². The van der Waals surface area contributed by atoms with E-state index in [1.807, 2.05) is 0 Å². The second-order valence-corrected chi connectivity index (χ2v) is 3.44. The van der Waals surface area contributed by atoms with Gasteiger partial charge in [-0.25, -0.2) is 4.39 Å². The topological polar surface area (TPSA) is 47.6 Å². The fourth-order valence-corrected chi connectivity index (χ4v) is 1.18. The first-order valence-corrected chi connectivity index (χ1v) is 5.36. The molecule has 1 aromatic rings. The highest BCUT2D eigenvalue weighted by atomic mass is 19.1. The number of carbonyl (C=O) groups excluding carboxylic acids is 1. The Hall–Kier alpha value is -1.62. The maximum Gasteiger partial charge on any atom is 0.257 e. The van der Waals surface area contributed by atoms with Crippen LogP contribution in [0.3, 0.4) is 0 Å². The molecule has 0 fully saturated rings. The molecule has 0 radical (unpaired) electrons. The Bertz CT molecular complexity index is 340. The molecule has 0 aliphatic heterocycles. The van der Waals surface area contributed by atoms with Gasteiger partial charge in [-0.15, -0.1) is 0 Å². The summed E-state index contributed by atoms with van der Waals surface area (Å²) in [5, 5.41) is 2.68. The van der Waals surface area contributed by atoms with E-state index in [1.54, 1.807) is 7.11 Å². The van der Waals surface area contributed by atoms with Crippen molar-refractivity contribution < 1.29 is 18.7 Å². The molecule has 4 nitrogen and oxygen atoms in total. The molecule has 0 heterocycles. The van der Waals surface area contributed by atoms with Crippen molar-refractivity contribution in [3.05, 3.63) is 30.1 Å². The Labute approximate surface area is 99.7 Å². The predicted octanol–water partition coefficient (Wildman–Crippen LogP) is 1.36. The summed E-state index contributed by atoms with van der Waals surface area (Å²) in [6.07, 6.45) is 0.763. The highest BCUT2D eigenvalue weighted by Crippen LogP contribution is 2.10. The van der Waals surface area contributed by atoms with Gasteiger partial charge in [0.05, 0.1) is 0 Å². The summed E-state index contributed by atoms with van der Waals surface area (Å²) in [7, 11) is 1.61. The largest absolute Gasteiger partial charge is 0.484 e. The second-order valence-electron chi connectivity index (χ2n) is 3.44. The molecular formula is C12H16FNO3. The first kappa shape index (κ1) is 13.4. The predicted molar refractivity (Wildman–Crippen MR) is 61.4 cm³/mol. The number of methoxy groups -OCH3 is 1. The number of ether oxygens (including phenoxy) is 2. The first-order chi connectivity index (χ1) is 8.22. The highest BCUT2D eigenvalue weighted by Gasteiger charge is 2.01. The molecule has 0 saturated heterocycles. The van der Waals surface area contributed by atoms with E-state index in [9.17, 15) is 9.18 Å². The summed E-state index contributed by atoms with van der Waals surface area (Å²) in [5.41, 5.74) is 0. The van der Waals surface area contributed by atoms with Crippen molar-refractivity contribution >= 4 is 5.91 Å². The van der Waals surface area contributed by atoms with Crippen LogP contribution >= 0.6 is 0 Å². The van der Waals surface area contributed by atoms with Crippen molar-refractivity contribution in [1.82, 2.24) is 5.32 Å². The fraction of sp³-hybridized carbons (Fsp3) is 0.417. The van der Waals surface area contributed by atoms with Gasteiger partial charge in [-0.1, -0.05) is 0 Å². The second kappa shape index (κ2) is 7.62. The maximum atomic E-state index is 12.6. The highest BCUT2D eigenvalue weighted by molar-refractivity contribution is 5.77. The van der Waals surface area contributed by atoms with Crippen molar-refractivity contribution in [2.24, 2.45) is 0 Å². The number of benzene rings is 1. The smallest absolute Gasteiger partial charge is 0.257 e. The molecule has 0 aliphatic carbocycles. The van der Waals surface area contributed by atoms with Crippen LogP contribution in [0.1, 0.15) is 6.42 Å². The zero-order valence-electron chi connectivity index (χ0n) is 9.74. The standard InChI is InChI=1S/C12H16FNO3/c1-16-8-2-7-14-12(15)9-17-11-5-3-10(13)4-6-11/h3-6H,2,7-9H2,1H3,(H,14,15). The van der Waals surface area contributed by atoms with Gasteiger partial charge in [-0.05, 0) is 30.7 Å². The Morgan fingerprint density at radius 3 is 2.71 bits per heavy atom. The number of carbonyl (C=O) groups is 1. The van der Waals surface area contributed by atoms with E-state index in [0.717, 1.165) is 6.42 Å². The van der Waals surface area contributed by atoms with Gasteiger partial charge in [0.1, 0.15) is 11.6 Å². The average Bonchev–Trinajstić information content (AvgIpc) is 2.34. The molecule has 0 atom stereocenters. The van der Waals surface area contributed by atoms with Gasteiger partial charge < -0.3 is 14.8 Å². The molecule has 5 heteroatoms. The fourth-order valence-electron chi connectivity index (χ4n) is 1.18. The van der Waals surface area contributed by atoms with E-state index in [-0.39, 0.29) is 18.3 Å². The lowest BCUT2D eigenvalue weighted by molar-refractivity contribution is -0.123. The van der Waals surface area contributed by atoms with Crippen LogP contribution in [-0.2, 0) is 9.53 Å². The molecular weight excluding hydrogens is 225 g/mol. The molecule has 0 aliphatic rings.